The van der Waals surface area contributed by atoms with E-state index in [4.69, 9.17) is 0 Å². The predicted molar refractivity (Wildman–Crippen MR) is 78.4 cm³/mol. The Morgan fingerprint density at radius 2 is 2.05 bits per heavy atom. The Morgan fingerprint density at radius 1 is 1.30 bits per heavy atom. The number of nitrogens with zero attached hydrogens (tertiary/aromatic N) is 1. The zero-order valence-electron chi connectivity index (χ0n) is 13.0. The molecule has 0 aromatic heterocycles. The summed E-state index contributed by atoms with van der Waals surface area (Å²) in [7, 11) is 0. The van der Waals surface area contributed by atoms with Crippen LogP contribution in [0.25, 0.3) is 0 Å². The van der Waals surface area contributed by atoms with E-state index in [2.05, 4.69) is 26.1 Å². The van der Waals surface area contributed by atoms with Crippen molar-refractivity contribution in [1.82, 2.24) is 10.2 Å². The molecule has 1 saturated heterocycles. The highest BCUT2D eigenvalue weighted by molar-refractivity contribution is 5.75. The van der Waals surface area contributed by atoms with Gasteiger partial charge in [-0.3, -0.25) is 0 Å². The Labute approximate surface area is 121 Å². The number of piperidine rings is 1. The predicted octanol–water partition coefficient (Wildman–Crippen LogP) is 2.37. The number of rotatable bonds is 1. The molecule has 4 heteroatoms. The van der Waals surface area contributed by atoms with Gasteiger partial charge in [0.2, 0.25) is 0 Å². The van der Waals surface area contributed by atoms with Gasteiger partial charge in [0.05, 0.1) is 6.10 Å². The number of aliphatic hydroxyl groups excluding tert-OH is 1. The standard InChI is InChI=1S/C16H28N2O2/c1-15(2)11-6-7-16(15,3)13(9-11)17-14(20)18-8-4-5-12(19)10-18/h11-13,19H,4-10H2,1-3H3,(H,17,20). The zero-order chi connectivity index (χ0) is 14.5. The molecule has 3 aliphatic rings. The average Bonchev–Trinajstić information content (AvgIpc) is 2.72. The molecule has 4 unspecified atom stereocenters. The van der Waals surface area contributed by atoms with Gasteiger partial charge in [-0.25, -0.2) is 4.79 Å². The minimum absolute atomic E-state index is 0.0262. The Hall–Kier alpha value is -0.770. The van der Waals surface area contributed by atoms with Crippen molar-refractivity contribution >= 4 is 6.03 Å². The van der Waals surface area contributed by atoms with Gasteiger partial charge in [-0.15, -0.1) is 0 Å². The van der Waals surface area contributed by atoms with Gasteiger partial charge >= 0.3 is 6.03 Å². The molecular weight excluding hydrogens is 252 g/mol. The number of carbonyl (C=O) groups is 1. The molecule has 2 saturated carbocycles. The number of urea groups is 1. The summed E-state index contributed by atoms with van der Waals surface area (Å²) >= 11 is 0. The van der Waals surface area contributed by atoms with Crippen LogP contribution < -0.4 is 5.32 Å². The highest BCUT2D eigenvalue weighted by atomic mass is 16.3. The Morgan fingerprint density at radius 3 is 2.60 bits per heavy atom. The van der Waals surface area contributed by atoms with Crippen LogP contribution in [0.1, 0.15) is 52.9 Å². The molecule has 1 heterocycles. The van der Waals surface area contributed by atoms with E-state index < -0.39 is 0 Å². The maximum absolute atomic E-state index is 12.4. The molecular formula is C16H28N2O2. The molecule has 2 bridgehead atoms. The first-order valence-electron chi connectivity index (χ1n) is 8.08. The number of hydrogen-bond acceptors (Lipinski definition) is 2. The second-order valence-electron chi connectivity index (χ2n) is 7.85. The van der Waals surface area contributed by atoms with Crippen molar-refractivity contribution < 1.29 is 9.90 Å². The number of aliphatic hydroxyl groups is 1. The lowest BCUT2D eigenvalue weighted by atomic mass is 9.69. The van der Waals surface area contributed by atoms with Crippen molar-refractivity contribution in [3.8, 4) is 0 Å². The number of β-amino-alcohol motifs (C(OH)–C–C–N with tert-alkyl or cyclic N) is 1. The molecule has 2 N–H and O–H groups in total. The Bertz CT molecular complexity index is 409. The Kier molecular flexibility index (Phi) is 3.27. The lowest BCUT2D eigenvalue weighted by molar-refractivity contribution is 0.0768. The van der Waals surface area contributed by atoms with Crippen molar-refractivity contribution in [3.63, 3.8) is 0 Å². The molecule has 4 nitrogen and oxygen atoms in total. The van der Waals surface area contributed by atoms with Crippen molar-refractivity contribution in [2.45, 2.75) is 65.0 Å². The third kappa shape index (κ3) is 1.95. The first-order chi connectivity index (χ1) is 9.34. The topological polar surface area (TPSA) is 52.6 Å². The van der Waals surface area contributed by atoms with E-state index >= 15 is 0 Å². The number of nitrogens with one attached hydrogen (secondary N) is 1. The summed E-state index contributed by atoms with van der Waals surface area (Å²) in [5.41, 5.74) is 0.550. The molecule has 114 valence electrons. The molecule has 1 aliphatic heterocycles. The quantitative estimate of drug-likeness (QED) is 0.775. The van der Waals surface area contributed by atoms with E-state index in [1.54, 1.807) is 4.90 Å². The summed E-state index contributed by atoms with van der Waals surface area (Å²) in [5.74, 6) is 0.741. The molecule has 0 radical (unpaired) electrons. The molecule has 2 amide bonds. The molecule has 2 aliphatic carbocycles. The molecule has 20 heavy (non-hydrogen) atoms. The monoisotopic (exact) mass is 280 g/mol. The van der Waals surface area contributed by atoms with Crippen LogP contribution in [0, 0.1) is 16.7 Å². The smallest absolute Gasteiger partial charge is 0.317 e. The van der Waals surface area contributed by atoms with Crippen molar-refractivity contribution in [2.75, 3.05) is 13.1 Å². The van der Waals surface area contributed by atoms with Crippen LogP contribution in [-0.2, 0) is 0 Å². The molecule has 4 atom stereocenters. The summed E-state index contributed by atoms with van der Waals surface area (Å²) in [6, 6.07) is 0.321. The van der Waals surface area contributed by atoms with Gasteiger partial charge < -0.3 is 15.3 Å². The lowest BCUT2D eigenvalue weighted by Crippen LogP contribution is -2.53. The van der Waals surface area contributed by atoms with Gasteiger partial charge in [0, 0.05) is 19.1 Å². The Balaban J connectivity index is 1.66. The minimum Gasteiger partial charge on any atom is -0.391 e. The van der Waals surface area contributed by atoms with E-state index in [1.807, 2.05) is 0 Å². The van der Waals surface area contributed by atoms with E-state index in [9.17, 15) is 9.90 Å². The summed E-state index contributed by atoms with van der Waals surface area (Å²) < 4.78 is 0. The van der Waals surface area contributed by atoms with Gasteiger partial charge in [-0.2, -0.15) is 0 Å². The maximum atomic E-state index is 12.4. The van der Waals surface area contributed by atoms with Gasteiger partial charge in [-0.1, -0.05) is 20.8 Å². The van der Waals surface area contributed by atoms with Crippen LogP contribution in [0.5, 0.6) is 0 Å². The highest BCUT2D eigenvalue weighted by Gasteiger charge is 2.61. The first-order valence-corrected chi connectivity index (χ1v) is 8.08. The SMILES string of the molecule is CC1(C)C2CCC1(C)C(NC(=O)N1CCCC(O)C1)C2. The van der Waals surface area contributed by atoms with Crippen LogP contribution in [0.15, 0.2) is 0 Å². The van der Waals surface area contributed by atoms with Gasteiger partial charge in [0.15, 0.2) is 0 Å². The second kappa shape index (κ2) is 4.62. The fraction of sp³-hybridized carbons (Fsp3) is 0.938. The first kappa shape index (κ1) is 14.2. The molecule has 3 rings (SSSR count). The van der Waals surface area contributed by atoms with E-state index in [0.717, 1.165) is 31.7 Å². The molecule has 0 spiro atoms. The van der Waals surface area contributed by atoms with Crippen LogP contribution in [0.4, 0.5) is 4.79 Å². The van der Waals surface area contributed by atoms with E-state index in [0.29, 0.717) is 18.0 Å². The summed E-state index contributed by atoms with van der Waals surface area (Å²) in [5, 5.41) is 13.0. The second-order valence-corrected chi connectivity index (χ2v) is 7.85. The van der Waals surface area contributed by atoms with Crippen LogP contribution >= 0.6 is 0 Å². The highest BCUT2D eigenvalue weighted by Crippen LogP contribution is 2.65. The minimum atomic E-state index is -0.346. The van der Waals surface area contributed by atoms with Gasteiger partial charge in [-0.05, 0) is 48.9 Å². The number of amides is 2. The average molecular weight is 280 g/mol. The van der Waals surface area contributed by atoms with Crippen molar-refractivity contribution in [2.24, 2.45) is 16.7 Å². The van der Waals surface area contributed by atoms with Crippen LogP contribution in [0.3, 0.4) is 0 Å². The van der Waals surface area contributed by atoms with Crippen molar-refractivity contribution in [1.29, 1.82) is 0 Å². The molecule has 3 fully saturated rings. The van der Waals surface area contributed by atoms with Crippen molar-refractivity contribution in [3.05, 3.63) is 0 Å². The third-order valence-corrected chi connectivity index (χ3v) is 6.78. The van der Waals surface area contributed by atoms with Gasteiger partial charge in [0.1, 0.15) is 0 Å². The van der Waals surface area contributed by atoms with Crippen LogP contribution in [-0.4, -0.2) is 41.3 Å². The van der Waals surface area contributed by atoms with Crippen LogP contribution in [0.2, 0.25) is 0 Å². The van der Waals surface area contributed by atoms with E-state index in [1.165, 1.54) is 12.8 Å². The summed E-state index contributed by atoms with van der Waals surface area (Å²) in [6.07, 6.45) is 5.02. The number of hydrogen-bond donors (Lipinski definition) is 2. The zero-order valence-corrected chi connectivity index (χ0v) is 13.0. The number of likely N-dealkylation sites (tertiary alicyclic amines) is 1. The largest absolute Gasteiger partial charge is 0.391 e. The third-order valence-electron chi connectivity index (χ3n) is 6.78. The van der Waals surface area contributed by atoms with Gasteiger partial charge in [0.25, 0.3) is 0 Å². The lowest BCUT2D eigenvalue weighted by Gasteiger charge is -2.40. The summed E-state index contributed by atoms with van der Waals surface area (Å²) in [6.45, 7) is 8.33. The normalized spacial score (nSPS) is 42.8. The fourth-order valence-electron chi connectivity index (χ4n) is 4.80. The van der Waals surface area contributed by atoms with E-state index in [-0.39, 0.29) is 17.6 Å². The fourth-order valence-corrected chi connectivity index (χ4v) is 4.80. The summed E-state index contributed by atoms with van der Waals surface area (Å²) in [4.78, 5) is 14.2. The molecule has 0 aromatic carbocycles. The molecule has 0 aromatic rings. The number of fused-ring (bicyclic) bond motifs is 2. The number of carbonyl (C=O) groups excluding carboxylic acids is 1. The maximum Gasteiger partial charge on any atom is 0.317 e.